The summed E-state index contributed by atoms with van der Waals surface area (Å²) >= 11 is 0. The molecule has 0 heterocycles. The first-order valence-corrected chi connectivity index (χ1v) is 11.4. The van der Waals surface area contributed by atoms with Crippen molar-refractivity contribution in [3.63, 3.8) is 0 Å². The molecule has 0 saturated heterocycles. The minimum absolute atomic E-state index is 0.0907. The van der Waals surface area contributed by atoms with Crippen molar-refractivity contribution in [1.29, 1.82) is 0 Å². The highest BCUT2D eigenvalue weighted by Gasteiger charge is 2.13. The Morgan fingerprint density at radius 2 is 1.34 bits per heavy atom. The van der Waals surface area contributed by atoms with Crippen molar-refractivity contribution in [3.8, 4) is 0 Å². The normalized spacial score (nSPS) is 11.8. The second-order valence-electron chi connectivity index (χ2n) is 6.81. The van der Waals surface area contributed by atoms with Gasteiger partial charge in [-0.3, -0.25) is 0 Å². The molecule has 0 fully saturated rings. The van der Waals surface area contributed by atoms with Gasteiger partial charge in [-0.2, -0.15) is 10.2 Å². The lowest BCUT2D eigenvalue weighted by Gasteiger charge is -2.17. The molecule has 2 N–H and O–H groups in total. The third-order valence-electron chi connectivity index (χ3n) is 4.52. The Balaban J connectivity index is 1.94. The molecule has 0 saturated carbocycles. The van der Waals surface area contributed by atoms with Gasteiger partial charge in [0.15, 0.2) is 9.84 Å². The van der Waals surface area contributed by atoms with Crippen LogP contribution in [0.15, 0.2) is 63.7 Å². The third kappa shape index (κ3) is 7.56. The summed E-state index contributed by atoms with van der Waals surface area (Å²) in [4.78, 5) is 2.22. The number of aliphatic hydroxyl groups is 2. The van der Waals surface area contributed by atoms with E-state index < -0.39 is 9.84 Å². The SMILES string of the molecule is CN(CCO)c1ccc(N=Nc2ccc(S(=O)(=O)CCCCCCO)cc2)cc1. The average molecular weight is 420 g/mol. The Kier molecular flexibility index (Phi) is 9.24. The molecule has 0 atom stereocenters. The molecule has 158 valence electrons. The molecule has 2 aromatic rings. The van der Waals surface area contributed by atoms with Gasteiger partial charge < -0.3 is 15.1 Å². The summed E-state index contributed by atoms with van der Waals surface area (Å²) in [5, 5.41) is 26.1. The molecule has 0 bridgehead atoms. The van der Waals surface area contributed by atoms with Crippen LogP contribution in [-0.4, -0.2) is 51.2 Å². The van der Waals surface area contributed by atoms with Crippen molar-refractivity contribution in [2.75, 3.05) is 37.5 Å². The lowest BCUT2D eigenvalue weighted by atomic mass is 10.2. The van der Waals surface area contributed by atoms with E-state index in [1.807, 2.05) is 36.2 Å². The maximum absolute atomic E-state index is 12.4. The summed E-state index contributed by atoms with van der Waals surface area (Å²) in [6, 6.07) is 13.9. The first-order chi connectivity index (χ1) is 14.0. The number of nitrogens with zero attached hydrogens (tertiary/aromatic N) is 3. The van der Waals surface area contributed by atoms with Crippen molar-refractivity contribution in [3.05, 3.63) is 48.5 Å². The summed E-state index contributed by atoms with van der Waals surface area (Å²) in [5.41, 5.74) is 2.24. The van der Waals surface area contributed by atoms with Gasteiger partial charge >= 0.3 is 0 Å². The van der Waals surface area contributed by atoms with Crippen LogP contribution >= 0.6 is 0 Å². The van der Waals surface area contributed by atoms with Crippen molar-refractivity contribution >= 4 is 26.9 Å². The number of azo groups is 1. The molecule has 8 heteroatoms. The number of hydrogen-bond acceptors (Lipinski definition) is 7. The molecular weight excluding hydrogens is 390 g/mol. The van der Waals surface area contributed by atoms with E-state index >= 15 is 0 Å². The van der Waals surface area contributed by atoms with E-state index in [-0.39, 0.29) is 23.9 Å². The van der Waals surface area contributed by atoms with E-state index in [1.54, 1.807) is 24.3 Å². The molecule has 0 aliphatic heterocycles. The van der Waals surface area contributed by atoms with Gasteiger partial charge in [0.2, 0.25) is 0 Å². The zero-order valence-corrected chi connectivity index (χ0v) is 17.6. The lowest BCUT2D eigenvalue weighted by Crippen LogP contribution is -2.20. The van der Waals surface area contributed by atoms with Crippen LogP contribution < -0.4 is 4.90 Å². The number of likely N-dealkylation sites (N-methyl/N-ethyl adjacent to an activating group) is 1. The van der Waals surface area contributed by atoms with Crippen molar-refractivity contribution in [2.24, 2.45) is 10.2 Å². The Hall–Kier alpha value is -2.29. The van der Waals surface area contributed by atoms with E-state index in [9.17, 15) is 8.42 Å². The van der Waals surface area contributed by atoms with Crippen LogP contribution in [0.25, 0.3) is 0 Å². The van der Waals surface area contributed by atoms with Crippen LogP contribution in [0.4, 0.5) is 17.1 Å². The highest BCUT2D eigenvalue weighted by atomic mass is 32.2. The van der Waals surface area contributed by atoms with Crippen LogP contribution in [0, 0.1) is 0 Å². The molecule has 0 aromatic heterocycles. The Bertz CT molecular complexity index is 866. The molecule has 0 spiro atoms. The minimum atomic E-state index is -3.31. The minimum Gasteiger partial charge on any atom is -0.396 e. The van der Waals surface area contributed by atoms with Crippen LogP contribution in [0.5, 0.6) is 0 Å². The van der Waals surface area contributed by atoms with Crippen LogP contribution in [0.1, 0.15) is 25.7 Å². The van der Waals surface area contributed by atoms with Crippen molar-refractivity contribution < 1.29 is 18.6 Å². The second-order valence-corrected chi connectivity index (χ2v) is 8.92. The fourth-order valence-corrected chi connectivity index (χ4v) is 4.13. The third-order valence-corrected chi connectivity index (χ3v) is 6.34. The predicted molar refractivity (Wildman–Crippen MR) is 115 cm³/mol. The largest absolute Gasteiger partial charge is 0.396 e. The van der Waals surface area contributed by atoms with Gasteiger partial charge in [-0.15, -0.1) is 0 Å². The number of anilines is 1. The number of unbranched alkanes of at least 4 members (excludes halogenated alkanes) is 3. The molecule has 0 radical (unpaired) electrons. The maximum atomic E-state index is 12.4. The van der Waals surface area contributed by atoms with E-state index in [0.29, 0.717) is 30.8 Å². The van der Waals surface area contributed by atoms with Gasteiger partial charge in [-0.1, -0.05) is 12.8 Å². The van der Waals surface area contributed by atoms with Crippen molar-refractivity contribution in [1.82, 2.24) is 0 Å². The van der Waals surface area contributed by atoms with Crippen molar-refractivity contribution in [2.45, 2.75) is 30.6 Å². The second kappa shape index (κ2) is 11.6. The first-order valence-electron chi connectivity index (χ1n) is 9.74. The molecular formula is C21H29N3O4S. The topological polar surface area (TPSA) is 103 Å². The van der Waals surface area contributed by atoms with Gasteiger partial charge in [-0.25, -0.2) is 8.42 Å². The molecule has 2 rings (SSSR count). The standard InChI is InChI=1S/C21H29N3O4S/c1-24(14-16-26)20-10-6-18(7-11-20)22-23-19-8-12-21(13-9-19)29(27,28)17-5-3-2-4-15-25/h6-13,25-26H,2-5,14-17H2,1H3. The highest BCUT2D eigenvalue weighted by Crippen LogP contribution is 2.23. The van der Waals surface area contributed by atoms with Gasteiger partial charge in [0.1, 0.15) is 0 Å². The highest BCUT2D eigenvalue weighted by molar-refractivity contribution is 7.91. The van der Waals surface area contributed by atoms with Gasteiger partial charge in [0.05, 0.1) is 28.6 Å². The Labute approximate surface area is 172 Å². The molecule has 0 unspecified atom stereocenters. The molecule has 2 aromatic carbocycles. The fraction of sp³-hybridized carbons (Fsp3) is 0.429. The summed E-state index contributed by atoms with van der Waals surface area (Å²) in [5.74, 6) is 0.108. The zero-order chi connectivity index (χ0) is 21.1. The summed E-state index contributed by atoms with van der Waals surface area (Å²) in [7, 11) is -1.41. The fourth-order valence-electron chi connectivity index (χ4n) is 2.76. The summed E-state index contributed by atoms with van der Waals surface area (Å²) in [6.45, 7) is 0.792. The number of benzene rings is 2. The molecule has 7 nitrogen and oxygen atoms in total. The Morgan fingerprint density at radius 1 is 0.793 bits per heavy atom. The maximum Gasteiger partial charge on any atom is 0.178 e. The molecule has 29 heavy (non-hydrogen) atoms. The summed E-state index contributed by atoms with van der Waals surface area (Å²) < 4.78 is 24.7. The Morgan fingerprint density at radius 3 is 1.90 bits per heavy atom. The van der Waals surface area contributed by atoms with E-state index in [2.05, 4.69) is 10.2 Å². The van der Waals surface area contributed by atoms with Gasteiger partial charge in [0.25, 0.3) is 0 Å². The molecule has 0 aliphatic rings. The van der Waals surface area contributed by atoms with Crippen LogP contribution in [-0.2, 0) is 9.84 Å². The quantitative estimate of drug-likeness (QED) is 0.402. The predicted octanol–water partition coefficient (Wildman–Crippen LogP) is 3.86. The molecule has 0 aliphatic carbocycles. The zero-order valence-electron chi connectivity index (χ0n) is 16.7. The number of sulfone groups is 1. The van der Waals surface area contributed by atoms with Gasteiger partial charge in [0, 0.05) is 25.9 Å². The van der Waals surface area contributed by atoms with Crippen LogP contribution in [0.3, 0.4) is 0 Å². The van der Waals surface area contributed by atoms with Gasteiger partial charge in [-0.05, 0) is 61.4 Å². The van der Waals surface area contributed by atoms with E-state index in [0.717, 1.165) is 18.5 Å². The average Bonchev–Trinajstić information content (AvgIpc) is 2.73. The smallest absolute Gasteiger partial charge is 0.178 e. The number of hydrogen-bond donors (Lipinski definition) is 2. The number of rotatable bonds is 12. The van der Waals surface area contributed by atoms with Crippen LogP contribution in [0.2, 0.25) is 0 Å². The lowest BCUT2D eigenvalue weighted by molar-refractivity contribution is 0.283. The number of aliphatic hydroxyl groups excluding tert-OH is 2. The van der Waals surface area contributed by atoms with E-state index in [1.165, 1.54) is 0 Å². The summed E-state index contributed by atoms with van der Waals surface area (Å²) in [6.07, 6.45) is 2.93. The van der Waals surface area contributed by atoms with E-state index in [4.69, 9.17) is 10.2 Å². The monoisotopic (exact) mass is 419 g/mol. The molecule has 0 amide bonds. The first kappa shape index (κ1) is 23.0.